The van der Waals surface area contributed by atoms with E-state index in [1.807, 2.05) is 12.1 Å². The van der Waals surface area contributed by atoms with Crippen LogP contribution in [0.2, 0.25) is 0 Å². The first-order valence-corrected chi connectivity index (χ1v) is 6.19. The van der Waals surface area contributed by atoms with Gasteiger partial charge in [0.15, 0.2) is 0 Å². The number of halogens is 1. The summed E-state index contributed by atoms with van der Waals surface area (Å²) < 4.78 is 13.5. The average Bonchev–Trinajstić information content (AvgIpc) is 2.78. The minimum Gasteiger partial charge on any atom is -0.370 e. The van der Waals surface area contributed by atoms with Crippen molar-refractivity contribution in [3.8, 4) is 6.07 Å². The molecule has 1 aliphatic rings. The molecular weight excluding hydrogens is 215 g/mol. The lowest BCUT2D eigenvalue weighted by Crippen LogP contribution is -2.21. The second kappa shape index (κ2) is 5.18. The van der Waals surface area contributed by atoms with Crippen molar-refractivity contribution in [2.45, 2.75) is 26.2 Å². The molecule has 0 aliphatic carbocycles. The molecule has 0 saturated carbocycles. The second-order valence-electron chi connectivity index (χ2n) is 4.64. The van der Waals surface area contributed by atoms with Crippen LogP contribution < -0.4 is 4.90 Å². The number of hydrogen-bond acceptors (Lipinski definition) is 2. The van der Waals surface area contributed by atoms with E-state index in [1.165, 1.54) is 18.9 Å². The van der Waals surface area contributed by atoms with Gasteiger partial charge in [0.25, 0.3) is 0 Å². The Morgan fingerprint density at radius 1 is 1.53 bits per heavy atom. The summed E-state index contributed by atoms with van der Waals surface area (Å²) in [4.78, 5) is 2.14. The van der Waals surface area contributed by atoms with Crippen molar-refractivity contribution in [1.82, 2.24) is 0 Å². The van der Waals surface area contributed by atoms with Gasteiger partial charge in [-0.1, -0.05) is 19.4 Å². The Kier molecular flexibility index (Phi) is 3.63. The first kappa shape index (κ1) is 11.9. The zero-order chi connectivity index (χ0) is 12.3. The van der Waals surface area contributed by atoms with E-state index >= 15 is 0 Å². The van der Waals surface area contributed by atoms with Gasteiger partial charge in [0.2, 0.25) is 0 Å². The molecule has 1 aromatic rings. The maximum absolute atomic E-state index is 13.5. The highest BCUT2D eigenvalue weighted by Crippen LogP contribution is 2.29. The van der Waals surface area contributed by atoms with E-state index in [0.29, 0.717) is 5.92 Å². The van der Waals surface area contributed by atoms with Crippen molar-refractivity contribution >= 4 is 5.69 Å². The maximum Gasteiger partial charge on any atom is 0.143 e. The average molecular weight is 232 g/mol. The van der Waals surface area contributed by atoms with Crippen LogP contribution in [0.4, 0.5) is 10.1 Å². The van der Waals surface area contributed by atoms with Gasteiger partial charge >= 0.3 is 0 Å². The first-order valence-electron chi connectivity index (χ1n) is 6.19. The van der Waals surface area contributed by atoms with Gasteiger partial charge in [0, 0.05) is 13.1 Å². The van der Waals surface area contributed by atoms with Gasteiger partial charge in [-0.2, -0.15) is 5.26 Å². The Morgan fingerprint density at radius 3 is 3.06 bits per heavy atom. The van der Waals surface area contributed by atoms with Crippen LogP contribution in [-0.2, 0) is 0 Å². The van der Waals surface area contributed by atoms with Crippen LogP contribution in [0.3, 0.4) is 0 Å². The normalized spacial score (nSPS) is 19.4. The number of nitriles is 1. The molecule has 90 valence electrons. The highest BCUT2D eigenvalue weighted by molar-refractivity contribution is 5.60. The number of anilines is 1. The van der Waals surface area contributed by atoms with E-state index in [1.54, 1.807) is 6.07 Å². The third-order valence-corrected chi connectivity index (χ3v) is 3.43. The molecule has 1 aromatic carbocycles. The Bertz CT molecular complexity index is 436. The minimum absolute atomic E-state index is 0.185. The maximum atomic E-state index is 13.5. The lowest BCUT2D eigenvalue weighted by Gasteiger charge is -2.20. The van der Waals surface area contributed by atoms with Crippen LogP contribution >= 0.6 is 0 Å². The molecule has 1 fully saturated rings. The molecule has 3 heteroatoms. The van der Waals surface area contributed by atoms with Gasteiger partial charge in [-0.3, -0.25) is 0 Å². The van der Waals surface area contributed by atoms with Gasteiger partial charge in [-0.15, -0.1) is 0 Å². The zero-order valence-corrected chi connectivity index (χ0v) is 10.1. The summed E-state index contributed by atoms with van der Waals surface area (Å²) >= 11 is 0. The van der Waals surface area contributed by atoms with Crippen molar-refractivity contribution in [2.75, 3.05) is 18.0 Å². The summed E-state index contributed by atoms with van der Waals surface area (Å²) in [6.45, 7) is 4.07. The molecule has 0 amide bonds. The number of rotatable bonds is 3. The van der Waals surface area contributed by atoms with Crippen LogP contribution in [0, 0.1) is 23.1 Å². The first-order chi connectivity index (χ1) is 8.26. The second-order valence-corrected chi connectivity index (χ2v) is 4.64. The van der Waals surface area contributed by atoms with E-state index in [0.717, 1.165) is 25.2 Å². The van der Waals surface area contributed by atoms with Crippen LogP contribution in [0.1, 0.15) is 31.7 Å². The quantitative estimate of drug-likeness (QED) is 0.799. The zero-order valence-electron chi connectivity index (χ0n) is 10.1. The molecular formula is C14H17FN2. The molecule has 0 spiro atoms. The molecule has 1 saturated heterocycles. The molecule has 1 heterocycles. The summed E-state index contributed by atoms with van der Waals surface area (Å²) in [6.07, 6.45) is 3.55. The van der Waals surface area contributed by atoms with Crippen molar-refractivity contribution < 1.29 is 4.39 Å². The summed E-state index contributed by atoms with van der Waals surface area (Å²) in [7, 11) is 0. The Morgan fingerprint density at radius 2 is 2.35 bits per heavy atom. The molecule has 2 nitrogen and oxygen atoms in total. The van der Waals surface area contributed by atoms with Gasteiger partial charge in [-0.05, 0) is 30.9 Å². The van der Waals surface area contributed by atoms with Gasteiger partial charge in [0.05, 0.1) is 5.69 Å². The molecule has 17 heavy (non-hydrogen) atoms. The van der Waals surface area contributed by atoms with E-state index in [4.69, 9.17) is 5.26 Å². The molecule has 1 aliphatic heterocycles. The number of nitrogens with zero attached hydrogens (tertiary/aromatic N) is 2. The molecule has 0 radical (unpaired) electrons. The molecule has 0 N–H and O–H groups in total. The third kappa shape index (κ3) is 2.41. The smallest absolute Gasteiger partial charge is 0.143 e. The Hall–Kier alpha value is -1.56. The van der Waals surface area contributed by atoms with Crippen LogP contribution in [0.5, 0.6) is 0 Å². The van der Waals surface area contributed by atoms with Gasteiger partial charge in [-0.25, -0.2) is 4.39 Å². The van der Waals surface area contributed by atoms with E-state index in [-0.39, 0.29) is 5.56 Å². The number of benzene rings is 1. The predicted octanol–water partition coefficient (Wildman–Crippen LogP) is 3.32. The van der Waals surface area contributed by atoms with Crippen molar-refractivity contribution in [3.63, 3.8) is 0 Å². The van der Waals surface area contributed by atoms with E-state index < -0.39 is 5.82 Å². The minimum atomic E-state index is -0.413. The summed E-state index contributed by atoms with van der Waals surface area (Å²) in [5.74, 6) is 0.277. The lowest BCUT2D eigenvalue weighted by atomic mass is 10.0. The van der Waals surface area contributed by atoms with Crippen molar-refractivity contribution in [3.05, 3.63) is 29.6 Å². The highest BCUT2D eigenvalue weighted by Gasteiger charge is 2.24. The lowest BCUT2D eigenvalue weighted by molar-refractivity contribution is 0.529. The summed E-state index contributed by atoms with van der Waals surface area (Å²) in [5, 5.41) is 9.01. The summed E-state index contributed by atoms with van der Waals surface area (Å²) in [5.41, 5.74) is 0.941. The van der Waals surface area contributed by atoms with Crippen LogP contribution in [0.25, 0.3) is 0 Å². The van der Waals surface area contributed by atoms with Crippen molar-refractivity contribution in [1.29, 1.82) is 5.26 Å². The van der Waals surface area contributed by atoms with Gasteiger partial charge < -0.3 is 4.90 Å². The van der Waals surface area contributed by atoms with E-state index in [2.05, 4.69) is 11.8 Å². The summed E-state index contributed by atoms with van der Waals surface area (Å²) in [6, 6.07) is 6.84. The van der Waals surface area contributed by atoms with Crippen LogP contribution in [0.15, 0.2) is 18.2 Å². The standard InChI is InChI=1S/C14H17FN2/c1-2-4-11-7-8-17(10-11)14-6-3-5-13(15)12(14)9-16/h3,5-6,11H,2,4,7-8,10H2,1H3. The molecule has 1 atom stereocenters. The van der Waals surface area contributed by atoms with Crippen molar-refractivity contribution in [2.24, 2.45) is 5.92 Å². The van der Waals surface area contributed by atoms with Crippen LogP contribution in [-0.4, -0.2) is 13.1 Å². The predicted molar refractivity (Wildman–Crippen MR) is 66.3 cm³/mol. The Balaban J connectivity index is 2.19. The van der Waals surface area contributed by atoms with E-state index in [9.17, 15) is 4.39 Å². The van der Waals surface area contributed by atoms with Gasteiger partial charge in [0.1, 0.15) is 17.4 Å². The fourth-order valence-corrected chi connectivity index (χ4v) is 2.58. The SMILES string of the molecule is CCCC1CCN(c2cccc(F)c2C#N)C1. The number of hydrogen-bond donors (Lipinski definition) is 0. The molecule has 2 rings (SSSR count). The fourth-order valence-electron chi connectivity index (χ4n) is 2.58. The third-order valence-electron chi connectivity index (χ3n) is 3.43. The monoisotopic (exact) mass is 232 g/mol. The topological polar surface area (TPSA) is 27.0 Å². The highest BCUT2D eigenvalue weighted by atomic mass is 19.1. The largest absolute Gasteiger partial charge is 0.370 e. The fraction of sp³-hybridized carbons (Fsp3) is 0.500. The molecule has 0 aromatic heterocycles. The Labute approximate surface area is 102 Å². The molecule has 1 unspecified atom stereocenters. The molecule has 0 bridgehead atoms.